The molecule has 0 bridgehead atoms. The number of rotatable bonds is 5. The second-order valence-electron chi connectivity index (χ2n) is 7.78. The number of nitrogens with one attached hydrogen (secondary N) is 1. The summed E-state index contributed by atoms with van der Waals surface area (Å²) in [6, 6.07) is 24.3. The Kier molecular flexibility index (Phi) is 5.28. The fourth-order valence-electron chi connectivity index (χ4n) is 3.68. The van der Waals surface area contributed by atoms with Crippen LogP contribution in [0.3, 0.4) is 0 Å². The van der Waals surface area contributed by atoms with Crippen LogP contribution in [0.15, 0.2) is 77.8 Å². The normalized spacial score (nSPS) is 16.1. The number of fused-ring (bicyclic) bond motifs is 1. The summed E-state index contributed by atoms with van der Waals surface area (Å²) in [5.41, 5.74) is 6.83. The number of para-hydroxylation sites is 1. The van der Waals surface area contributed by atoms with Gasteiger partial charge in [0, 0.05) is 12.2 Å². The molecule has 4 heteroatoms. The first-order valence-electron chi connectivity index (χ1n) is 9.80. The third-order valence-corrected chi connectivity index (χ3v) is 5.10. The van der Waals surface area contributed by atoms with Gasteiger partial charge in [-0.05, 0) is 55.9 Å². The lowest BCUT2D eigenvalue weighted by Crippen LogP contribution is -2.22. The fourth-order valence-corrected chi connectivity index (χ4v) is 3.68. The van der Waals surface area contributed by atoms with E-state index in [9.17, 15) is 4.79 Å². The molecule has 0 aromatic heterocycles. The van der Waals surface area contributed by atoms with Gasteiger partial charge >= 0.3 is 0 Å². The lowest BCUT2D eigenvalue weighted by Gasteiger charge is -2.14. The molecule has 0 radical (unpaired) electrons. The summed E-state index contributed by atoms with van der Waals surface area (Å²) in [7, 11) is 4.11. The minimum Gasteiger partial charge on any atom is -0.325 e. The standard InChI is InChI=1S/C25H25N3O/c1-17-8-12-19(13-9-17)24(23-21-6-4-5-7-22(21)27-25(23)29)26-20-14-10-18(11-15-20)16-28(2)3/h4-15,23H,16H2,1-3H3,(H,27,29). The second-order valence-corrected chi connectivity index (χ2v) is 7.78. The highest BCUT2D eigenvalue weighted by Gasteiger charge is 2.35. The molecule has 1 aliphatic heterocycles. The number of aliphatic imine (C=N–C) groups is 1. The van der Waals surface area contributed by atoms with E-state index in [0.717, 1.165) is 34.8 Å². The summed E-state index contributed by atoms with van der Waals surface area (Å²) in [5, 5.41) is 3.00. The van der Waals surface area contributed by atoms with E-state index in [0.29, 0.717) is 0 Å². The van der Waals surface area contributed by atoms with Crippen LogP contribution < -0.4 is 5.32 Å². The van der Waals surface area contributed by atoms with Crippen LogP contribution in [-0.4, -0.2) is 30.6 Å². The first-order chi connectivity index (χ1) is 14.0. The highest BCUT2D eigenvalue weighted by molar-refractivity contribution is 6.24. The third-order valence-electron chi connectivity index (χ3n) is 5.10. The summed E-state index contributed by atoms with van der Waals surface area (Å²) in [4.78, 5) is 20.0. The minimum atomic E-state index is -0.421. The van der Waals surface area contributed by atoms with Gasteiger partial charge in [0.25, 0.3) is 0 Å². The lowest BCUT2D eigenvalue weighted by molar-refractivity contribution is -0.115. The van der Waals surface area contributed by atoms with Crippen molar-refractivity contribution in [3.05, 3.63) is 95.1 Å². The molecule has 1 unspecified atom stereocenters. The zero-order chi connectivity index (χ0) is 20.4. The van der Waals surface area contributed by atoms with Crippen molar-refractivity contribution < 1.29 is 4.79 Å². The molecule has 1 heterocycles. The minimum absolute atomic E-state index is 0.0326. The first-order valence-corrected chi connectivity index (χ1v) is 9.80. The quantitative estimate of drug-likeness (QED) is 0.636. The van der Waals surface area contributed by atoms with E-state index in [1.807, 2.05) is 48.5 Å². The SMILES string of the molecule is Cc1ccc(C(=Nc2ccc(CN(C)C)cc2)C2C(=O)Nc3ccccc32)cc1. The maximum Gasteiger partial charge on any atom is 0.238 e. The Morgan fingerprint density at radius 1 is 0.966 bits per heavy atom. The average molecular weight is 383 g/mol. The van der Waals surface area contributed by atoms with Crippen LogP contribution in [0.2, 0.25) is 0 Å². The summed E-state index contributed by atoms with van der Waals surface area (Å²) in [6.07, 6.45) is 0. The average Bonchev–Trinajstić information content (AvgIpc) is 3.03. The lowest BCUT2D eigenvalue weighted by atomic mass is 9.90. The van der Waals surface area contributed by atoms with Gasteiger partial charge in [-0.2, -0.15) is 0 Å². The highest BCUT2D eigenvalue weighted by atomic mass is 16.2. The van der Waals surface area contributed by atoms with E-state index >= 15 is 0 Å². The Bertz CT molecular complexity index is 1050. The Hall–Kier alpha value is -3.24. The Morgan fingerprint density at radius 2 is 1.66 bits per heavy atom. The van der Waals surface area contributed by atoms with Gasteiger partial charge in [0.2, 0.25) is 5.91 Å². The Morgan fingerprint density at radius 3 is 2.34 bits per heavy atom. The maximum absolute atomic E-state index is 12.9. The van der Waals surface area contributed by atoms with Gasteiger partial charge in [0.15, 0.2) is 0 Å². The van der Waals surface area contributed by atoms with Gasteiger partial charge in [0.1, 0.15) is 5.92 Å². The van der Waals surface area contributed by atoms with Crippen LogP contribution in [-0.2, 0) is 11.3 Å². The van der Waals surface area contributed by atoms with Crippen molar-refractivity contribution in [2.24, 2.45) is 4.99 Å². The molecule has 146 valence electrons. The third kappa shape index (κ3) is 4.13. The van der Waals surface area contributed by atoms with Gasteiger partial charge < -0.3 is 10.2 Å². The topological polar surface area (TPSA) is 44.7 Å². The molecule has 1 aliphatic rings. The monoisotopic (exact) mass is 383 g/mol. The molecule has 1 N–H and O–H groups in total. The van der Waals surface area contributed by atoms with Crippen LogP contribution in [0.25, 0.3) is 0 Å². The number of anilines is 1. The summed E-state index contributed by atoms with van der Waals surface area (Å²) >= 11 is 0. The van der Waals surface area contributed by atoms with Gasteiger partial charge in [-0.25, -0.2) is 0 Å². The summed E-state index contributed by atoms with van der Waals surface area (Å²) in [5.74, 6) is -0.454. The van der Waals surface area contributed by atoms with Crippen LogP contribution in [0.5, 0.6) is 0 Å². The number of benzene rings is 3. The number of hydrogen-bond acceptors (Lipinski definition) is 3. The molecule has 4 rings (SSSR count). The van der Waals surface area contributed by atoms with E-state index in [2.05, 4.69) is 55.5 Å². The molecule has 0 spiro atoms. The van der Waals surface area contributed by atoms with Gasteiger partial charge in [-0.3, -0.25) is 9.79 Å². The van der Waals surface area contributed by atoms with Crippen molar-refractivity contribution in [1.82, 2.24) is 4.90 Å². The van der Waals surface area contributed by atoms with E-state index in [-0.39, 0.29) is 5.91 Å². The van der Waals surface area contributed by atoms with E-state index in [1.54, 1.807) is 0 Å². The molecule has 0 saturated carbocycles. The van der Waals surface area contributed by atoms with Gasteiger partial charge in [0.05, 0.1) is 11.4 Å². The summed E-state index contributed by atoms with van der Waals surface area (Å²) < 4.78 is 0. The predicted molar refractivity (Wildman–Crippen MR) is 119 cm³/mol. The largest absolute Gasteiger partial charge is 0.325 e. The van der Waals surface area contributed by atoms with Crippen LogP contribution >= 0.6 is 0 Å². The van der Waals surface area contributed by atoms with E-state index in [1.165, 1.54) is 11.1 Å². The fraction of sp³-hybridized carbons (Fsp3) is 0.200. The number of carbonyl (C=O) groups is 1. The molecule has 4 nitrogen and oxygen atoms in total. The van der Waals surface area contributed by atoms with Gasteiger partial charge in [-0.15, -0.1) is 0 Å². The zero-order valence-corrected chi connectivity index (χ0v) is 17.0. The number of amides is 1. The van der Waals surface area contributed by atoms with Crippen molar-refractivity contribution in [1.29, 1.82) is 0 Å². The smallest absolute Gasteiger partial charge is 0.238 e. The van der Waals surface area contributed by atoms with Crippen LogP contribution in [0.1, 0.15) is 28.2 Å². The first kappa shape index (κ1) is 19.1. The van der Waals surface area contributed by atoms with Crippen molar-refractivity contribution >= 4 is 23.0 Å². The number of carbonyl (C=O) groups excluding carboxylic acids is 1. The molecule has 1 atom stereocenters. The van der Waals surface area contributed by atoms with Crippen molar-refractivity contribution in [3.63, 3.8) is 0 Å². The van der Waals surface area contributed by atoms with Crippen molar-refractivity contribution in [3.8, 4) is 0 Å². The molecule has 1 amide bonds. The zero-order valence-electron chi connectivity index (χ0n) is 17.0. The molecule has 0 aliphatic carbocycles. The van der Waals surface area contributed by atoms with Crippen molar-refractivity contribution in [2.75, 3.05) is 19.4 Å². The predicted octanol–water partition coefficient (Wildman–Crippen LogP) is 4.91. The molecule has 3 aromatic carbocycles. The second kappa shape index (κ2) is 8.02. The van der Waals surface area contributed by atoms with Crippen LogP contribution in [0, 0.1) is 6.92 Å². The molecule has 3 aromatic rings. The van der Waals surface area contributed by atoms with E-state index < -0.39 is 5.92 Å². The van der Waals surface area contributed by atoms with E-state index in [4.69, 9.17) is 4.99 Å². The number of nitrogens with zero attached hydrogens (tertiary/aromatic N) is 2. The molecular formula is C25H25N3O. The number of hydrogen-bond donors (Lipinski definition) is 1. The molecule has 0 fully saturated rings. The van der Waals surface area contributed by atoms with Crippen molar-refractivity contribution in [2.45, 2.75) is 19.4 Å². The van der Waals surface area contributed by atoms with Crippen LogP contribution in [0.4, 0.5) is 11.4 Å². The maximum atomic E-state index is 12.9. The highest BCUT2D eigenvalue weighted by Crippen LogP contribution is 2.36. The van der Waals surface area contributed by atoms with Gasteiger partial charge in [-0.1, -0.05) is 60.2 Å². The Labute approximate surface area is 171 Å². The molecular weight excluding hydrogens is 358 g/mol. The molecule has 0 saturated heterocycles. The Balaban J connectivity index is 1.78. The molecule has 29 heavy (non-hydrogen) atoms. The number of aryl methyl sites for hydroxylation is 1. The summed E-state index contributed by atoms with van der Waals surface area (Å²) in [6.45, 7) is 2.94.